The zero-order valence-corrected chi connectivity index (χ0v) is 15.1. The number of carbonyl (C=O) groups is 1. The molecule has 6 heteroatoms. The minimum absolute atomic E-state index is 0.251. The van der Waals surface area contributed by atoms with Crippen LogP contribution in [0.2, 0.25) is 0 Å². The molecule has 0 saturated carbocycles. The molecule has 1 aliphatic heterocycles. The average molecular weight is 357 g/mol. The van der Waals surface area contributed by atoms with Crippen molar-refractivity contribution in [2.75, 3.05) is 38.1 Å². The molecule has 1 N–H and O–H groups in total. The summed E-state index contributed by atoms with van der Waals surface area (Å²) in [7, 11) is 2.07. The van der Waals surface area contributed by atoms with Gasteiger partial charge in [0.05, 0.1) is 18.0 Å². The molecule has 0 radical (unpaired) electrons. The molecule has 1 aromatic carbocycles. The zero-order valence-electron chi connectivity index (χ0n) is 15.1. The maximum Gasteiger partial charge on any atom is 0.244 e. The number of hydrogen-bond acceptors (Lipinski definition) is 4. The summed E-state index contributed by atoms with van der Waals surface area (Å²) in [6.07, 6.45) is 4.55. The number of furan rings is 1. The number of benzene rings is 1. The number of carbonyl (C=O) groups excluding carboxylic acids is 1. The summed E-state index contributed by atoms with van der Waals surface area (Å²) in [5.41, 5.74) is 1.36. The van der Waals surface area contributed by atoms with Gasteiger partial charge in [-0.1, -0.05) is 6.07 Å². The summed E-state index contributed by atoms with van der Waals surface area (Å²) in [5, 5.41) is 2.84. The third-order valence-electron chi connectivity index (χ3n) is 4.62. The topological polar surface area (TPSA) is 48.7 Å². The summed E-state index contributed by atoms with van der Waals surface area (Å²) >= 11 is 0. The molecule has 1 aromatic heterocycles. The number of hydrogen-bond donors (Lipinski definition) is 1. The van der Waals surface area contributed by atoms with Crippen LogP contribution in [0.5, 0.6) is 0 Å². The van der Waals surface area contributed by atoms with Crippen molar-refractivity contribution >= 4 is 17.7 Å². The van der Waals surface area contributed by atoms with Crippen molar-refractivity contribution in [1.29, 1.82) is 0 Å². The van der Waals surface area contributed by atoms with Crippen LogP contribution in [0, 0.1) is 5.82 Å². The predicted molar refractivity (Wildman–Crippen MR) is 100 cm³/mol. The standard InChI is InChI=1S/C20H24FN3O2/c1-15(22-20(25)8-6-17-4-3-13-26-17)16-5-7-19(18(21)14-16)24-11-9-23(2)10-12-24/h3-8,13-15H,9-12H2,1-2H3,(H,22,25)/b8-6+. The van der Waals surface area contributed by atoms with Gasteiger partial charge in [-0.05, 0) is 49.9 Å². The Balaban J connectivity index is 1.61. The number of piperazine rings is 1. The highest BCUT2D eigenvalue weighted by Gasteiger charge is 2.18. The lowest BCUT2D eigenvalue weighted by atomic mass is 10.1. The third kappa shape index (κ3) is 4.52. The molecule has 2 aromatic rings. The molecule has 0 aliphatic carbocycles. The van der Waals surface area contributed by atoms with Crippen molar-refractivity contribution in [2.45, 2.75) is 13.0 Å². The molecule has 5 nitrogen and oxygen atoms in total. The molecule has 1 saturated heterocycles. The Hall–Kier alpha value is -2.60. The van der Waals surface area contributed by atoms with Gasteiger partial charge in [-0.2, -0.15) is 0 Å². The summed E-state index contributed by atoms with van der Waals surface area (Å²) in [5.74, 6) is 0.104. The fraction of sp³-hybridized carbons (Fsp3) is 0.350. The van der Waals surface area contributed by atoms with Gasteiger partial charge in [0.2, 0.25) is 5.91 Å². The number of nitrogens with one attached hydrogen (secondary N) is 1. The van der Waals surface area contributed by atoms with Gasteiger partial charge in [0.1, 0.15) is 11.6 Å². The Morgan fingerprint density at radius 3 is 2.69 bits per heavy atom. The van der Waals surface area contributed by atoms with Gasteiger partial charge in [-0.25, -0.2) is 4.39 Å². The molecule has 1 fully saturated rings. The lowest BCUT2D eigenvalue weighted by Crippen LogP contribution is -2.44. The quantitative estimate of drug-likeness (QED) is 0.836. The van der Waals surface area contributed by atoms with Crippen molar-refractivity contribution in [3.63, 3.8) is 0 Å². The van der Waals surface area contributed by atoms with Gasteiger partial charge >= 0.3 is 0 Å². The Bertz CT molecular complexity index is 765. The van der Waals surface area contributed by atoms with E-state index >= 15 is 0 Å². The van der Waals surface area contributed by atoms with Crippen LogP contribution >= 0.6 is 0 Å². The Labute approximate surface area is 153 Å². The number of likely N-dealkylation sites (N-methyl/N-ethyl adjacent to an activating group) is 1. The fourth-order valence-corrected chi connectivity index (χ4v) is 2.99. The van der Waals surface area contributed by atoms with Gasteiger partial charge in [-0.3, -0.25) is 4.79 Å². The molecule has 1 amide bonds. The van der Waals surface area contributed by atoms with E-state index in [1.807, 2.05) is 13.0 Å². The van der Waals surface area contributed by atoms with Crippen LogP contribution in [0.3, 0.4) is 0 Å². The highest BCUT2D eigenvalue weighted by Crippen LogP contribution is 2.24. The van der Waals surface area contributed by atoms with Crippen LogP contribution in [-0.4, -0.2) is 44.0 Å². The summed E-state index contributed by atoms with van der Waals surface area (Å²) in [6, 6.07) is 8.41. The first-order chi connectivity index (χ1) is 12.5. The van der Waals surface area contributed by atoms with E-state index in [9.17, 15) is 9.18 Å². The van der Waals surface area contributed by atoms with Gasteiger partial charge in [0.15, 0.2) is 0 Å². The molecular formula is C20H24FN3O2. The van der Waals surface area contributed by atoms with Crippen LogP contribution in [0.25, 0.3) is 6.08 Å². The number of nitrogens with zero attached hydrogens (tertiary/aromatic N) is 2. The normalized spacial score (nSPS) is 16.8. The van der Waals surface area contributed by atoms with E-state index in [-0.39, 0.29) is 17.8 Å². The fourth-order valence-electron chi connectivity index (χ4n) is 2.99. The highest BCUT2D eigenvalue weighted by molar-refractivity contribution is 5.91. The first kappa shape index (κ1) is 18.2. The van der Waals surface area contributed by atoms with Crippen LogP contribution in [0.15, 0.2) is 47.1 Å². The Kier molecular flexibility index (Phi) is 5.73. The zero-order chi connectivity index (χ0) is 18.5. The van der Waals surface area contributed by atoms with Crippen molar-refractivity contribution in [3.8, 4) is 0 Å². The molecule has 1 atom stereocenters. The summed E-state index contributed by atoms with van der Waals surface area (Å²) < 4.78 is 19.7. The number of rotatable bonds is 5. The monoisotopic (exact) mass is 357 g/mol. The SMILES string of the molecule is CC(NC(=O)/C=C/c1ccco1)c1ccc(N2CCN(C)CC2)c(F)c1. The first-order valence-corrected chi connectivity index (χ1v) is 8.78. The van der Waals surface area contributed by atoms with Crippen molar-refractivity contribution in [1.82, 2.24) is 10.2 Å². The van der Waals surface area contributed by atoms with E-state index in [1.165, 1.54) is 12.1 Å². The molecule has 0 bridgehead atoms. The number of anilines is 1. The van der Waals surface area contributed by atoms with Crippen molar-refractivity contribution in [3.05, 3.63) is 59.8 Å². The second kappa shape index (κ2) is 8.19. The molecule has 1 unspecified atom stereocenters. The minimum atomic E-state index is -0.292. The third-order valence-corrected chi connectivity index (χ3v) is 4.62. The average Bonchev–Trinajstić information content (AvgIpc) is 3.14. The van der Waals surface area contributed by atoms with Crippen molar-refractivity contribution < 1.29 is 13.6 Å². The van der Waals surface area contributed by atoms with E-state index in [4.69, 9.17) is 4.42 Å². The first-order valence-electron chi connectivity index (χ1n) is 8.78. The molecule has 2 heterocycles. The van der Waals surface area contributed by atoms with Crippen LogP contribution in [0.1, 0.15) is 24.3 Å². The van der Waals surface area contributed by atoms with E-state index in [0.29, 0.717) is 11.4 Å². The largest absolute Gasteiger partial charge is 0.465 e. The van der Waals surface area contributed by atoms with Crippen LogP contribution in [-0.2, 0) is 4.79 Å². The number of halogens is 1. The maximum atomic E-state index is 14.6. The van der Waals surface area contributed by atoms with Gasteiger partial charge in [-0.15, -0.1) is 0 Å². The van der Waals surface area contributed by atoms with Crippen molar-refractivity contribution in [2.24, 2.45) is 0 Å². The highest BCUT2D eigenvalue weighted by atomic mass is 19.1. The Morgan fingerprint density at radius 1 is 1.27 bits per heavy atom. The van der Waals surface area contributed by atoms with Gasteiger partial charge in [0.25, 0.3) is 0 Å². The van der Waals surface area contributed by atoms with E-state index in [2.05, 4.69) is 22.2 Å². The minimum Gasteiger partial charge on any atom is -0.465 e. The van der Waals surface area contributed by atoms with Crippen LogP contribution in [0.4, 0.5) is 10.1 Å². The molecular weight excluding hydrogens is 333 g/mol. The summed E-state index contributed by atoms with van der Waals surface area (Å²) in [6.45, 7) is 5.32. The molecule has 3 rings (SSSR count). The second-order valence-electron chi connectivity index (χ2n) is 6.58. The molecule has 26 heavy (non-hydrogen) atoms. The summed E-state index contributed by atoms with van der Waals surface area (Å²) in [4.78, 5) is 16.3. The molecule has 138 valence electrons. The lowest BCUT2D eigenvalue weighted by Gasteiger charge is -2.34. The smallest absolute Gasteiger partial charge is 0.244 e. The van der Waals surface area contributed by atoms with Crippen LogP contribution < -0.4 is 10.2 Å². The molecule has 0 spiro atoms. The maximum absolute atomic E-state index is 14.6. The Morgan fingerprint density at radius 2 is 2.04 bits per heavy atom. The van der Waals surface area contributed by atoms with Gasteiger partial charge < -0.3 is 19.5 Å². The van der Waals surface area contributed by atoms with E-state index in [1.54, 1.807) is 30.5 Å². The van der Waals surface area contributed by atoms with E-state index < -0.39 is 0 Å². The van der Waals surface area contributed by atoms with E-state index in [0.717, 1.165) is 31.7 Å². The predicted octanol–water partition coefficient (Wildman–Crippen LogP) is 3.06. The molecule has 1 aliphatic rings. The lowest BCUT2D eigenvalue weighted by molar-refractivity contribution is -0.117. The number of amides is 1. The second-order valence-corrected chi connectivity index (χ2v) is 6.58. The van der Waals surface area contributed by atoms with Gasteiger partial charge in [0, 0.05) is 32.3 Å².